The first-order chi connectivity index (χ1) is 14.5. The first-order valence-corrected chi connectivity index (χ1v) is 10.1. The van der Waals surface area contributed by atoms with Crippen molar-refractivity contribution >= 4 is 23.4 Å². The van der Waals surface area contributed by atoms with Gasteiger partial charge in [-0.15, -0.1) is 0 Å². The van der Waals surface area contributed by atoms with E-state index in [0.29, 0.717) is 43.1 Å². The van der Waals surface area contributed by atoms with E-state index in [2.05, 4.69) is 10.6 Å². The van der Waals surface area contributed by atoms with Crippen molar-refractivity contribution in [3.05, 3.63) is 65.7 Å². The lowest BCUT2D eigenvalue weighted by Crippen LogP contribution is -2.53. The number of amides is 3. The van der Waals surface area contributed by atoms with Crippen molar-refractivity contribution in [1.82, 2.24) is 10.2 Å². The molecule has 0 aliphatic carbocycles. The highest BCUT2D eigenvalue weighted by molar-refractivity contribution is 6.09. The predicted octanol–water partition coefficient (Wildman–Crippen LogP) is 2.55. The number of morpholine rings is 1. The zero-order valence-corrected chi connectivity index (χ0v) is 17.3. The SMILES string of the molecule is CC(C)[C@@H](NC(=O)c1ccccc1NC(=O)c1ccccc1)C(=O)N1CCOCC1. The van der Waals surface area contributed by atoms with Gasteiger partial charge in [0.15, 0.2) is 0 Å². The van der Waals surface area contributed by atoms with Crippen LogP contribution in [0.2, 0.25) is 0 Å². The average Bonchev–Trinajstić information content (AvgIpc) is 2.78. The molecule has 7 heteroatoms. The number of nitrogens with one attached hydrogen (secondary N) is 2. The van der Waals surface area contributed by atoms with Crippen molar-refractivity contribution in [1.29, 1.82) is 0 Å². The van der Waals surface area contributed by atoms with E-state index >= 15 is 0 Å². The Morgan fingerprint density at radius 2 is 1.53 bits per heavy atom. The third kappa shape index (κ3) is 5.24. The van der Waals surface area contributed by atoms with E-state index in [0.717, 1.165) is 0 Å². The van der Waals surface area contributed by atoms with E-state index in [9.17, 15) is 14.4 Å². The van der Waals surface area contributed by atoms with Gasteiger partial charge in [-0.1, -0.05) is 44.2 Å². The van der Waals surface area contributed by atoms with Crippen LogP contribution in [0.3, 0.4) is 0 Å². The van der Waals surface area contributed by atoms with Crippen LogP contribution in [0.15, 0.2) is 54.6 Å². The summed E-state index contributed by atoms with van der Waals surface area (Å²) >= 11 is 0. The van der Waals surface area contributed by atoms with E-state index in [1.807, 2.05) is 19.9 Å². The van der Waals surface area contributed by atoms with Crippen molar-refractivity contribution in [3.63, 3.8) is 0 Å². The average molecular weight is 409 g/mol. The van der Waals surface area contributed by atoms with E-state index < -0.39 is 11.9 Å². The maximum atomic E-state index is 13.0. The fourth-order valence-corrected chi connectivity index (χ4v) is 3.29. The summed E-state index contributed by atoms with van der Waals surface area (Å²) in [6, 6.07) is 14.9. The van der Waals surface area contributed by atoms with Crippen LogP contribution >= 0.6 is 0 Å². The highest BCUT2D eigenvalue weighted by Crippen LogP contribution is 2.18. The van der Waals surface area contributed by atoms with Crippen molar-refractivity contribution in [3.8, 4) is 0 Å². The Labute approximate surface area is 176 Å². The molecule has 0 radical (unpaired) electrons. The summed E-state index contributed by atoms with van der Waals surface area (Å²) in [6.07, 6.45) is 0. The Bertz CT molecular complexity index is 892. The molecule has 1 saturated heterocycles. The number of rotatable bonds is 6. The van der Waals surface area contributed by atoms with Gasteiger partial charge >= 0.3 is 0 Å². The summed E-state index contributed by atoms with van der Waals surface area (Å²) in [4.78, 5) is 40.2. The van der Waals surface area contributed by atoms with Crippen molar-refractivity contribution in [2.75, 3.05) is 31.6 Å². The maximum Gasteiger partial charge on any atom is 0.255 e. The Balaban J connectivity index is 1.75. The van der Waals surface area contributed by atoms with Gasteiger partial charge in [0.2, 0.25) is 5.91 Å². The minimum absolute atomic E-state index is 0.0876. The standard InChI is InChI=1S/C23H27N3O4/c1-16(2)20(23(29)26-12-14-30-15-13-26)25-22(28)18-10-6-7-11-19(18)24-21(27)17-8-4-3-5-9-17/h3-11,16,20H,12-15H2,1-2H3,(H,24,27)(H,25,28)/t20-/m1/s1. The summed E-state index contributed by atoms with van der Waals surface area (Å²) < 4.78 is 5.31. The van der Waals surface area contributed by atoms with Crippen LogP contribution in [0.5, 0.6) is 0 Å². The lowest BCUT2D eigenvalue weighted by Gasteiger charge is -2.32. The van der Waals surface area contributed by atoms with Crippen LogP contribution in [-0.4, -0.2) is 55.0 Å². The molecule has 1 atom stereocenters. The quantitative estimate of drug-likeness (QED) is 0.768. The van der Waals surface area contributed by atoms with Gasteiger partial charge in [0.05, 0.1) is 24.5 Å². The van der Waals surface area contributed by atoms with Crippen molar-refractivity contribution in [2.45, 2.75) is 19.9 Å². The molecule has 158 valence electrons. The third-order valence-electron chi connectivity index (χ3n) is 5.00. The summed E-state index contributed by atoms with van der Waals surface area (Å²) in [5.74, 6) is -0.914. The zero-order chi connectivity index (χ0) is 21.5. The number of carbonyl (C=O) groups excluding carboxylic acids is 3. The minimum atomic E-state index is -0.659. The van der Waals surface area contributed by atoms with Crippen LogP contribution in [-0.2, 0) is 9.53 Å². The summed E-state index contributed by atoms with van der Waals surface area (Å²) in [5.41, 5.74) is 1.20. The number of hydrogen-bond donors (Lipinski definition) is 2. The molecule has 1 aliphatic heterocycles. The highest BCUT2D eigenvalue weighted by Gasteiger charge is 2.30. The Morgan fingerprint density at radius 1 is 0.900 bits per heavy atom. The molecule has 2 N–H and O–H groups in total. The van der Waals surface area contributed by atoms with Gasteiger partial charge in [0.25, 0.3) is 11.8 Å². The summed E-state index contributed by atoms with van der Waals surface area (Å²) in [7, 11) is 0. The number of para-hydroxylation sites is 1. The second kappa shape index (κ2) is 10.0. The third-order valence-corrected chi connectivity index (χ3v) is 5.00. The molecule has 1 heterocycles. The second-order valence-electron chi connectivity index (χ2n) is 7.50. The molecule has 1 fully saturated rings. The molecule has 2 aromatic carbocycles. The number of benzene rings is 2. The number of carbonyl (C=O) groups is 3. The topological polar surface area (TPSA) is 87.7 Å². The van der Waals surface area contributed by atoms with Crippen LogP contribution in [0.25, 0.3) is 0 Å². The van der Waals surface area contributed by atoms with Gasteiger partial charge in [-0.25, -0.2) is 0 Å². The second-order valence-corrected chi connectivity index (χ2v) is 7.50. The van der Waals surface area contributed by atoms with E-state index in [-0.39, 0.29) is 17.7 Å². The van der Waals surface area contributed by atoms with Gasteiger partial charge in [-0.05, 0) is 30.2 Å². The molecule has 30 heavy (non-hydrogen) atoms. The Morgan fingerprint density at radius 3 is 2.20 bits per heavy atom. The number of hydrogen-bond acceptors (Lipinski definition) is 4. The molecule has 0 unspecified atom stereocenters. The van der Waals surface area contributed by atoms with E-state index in [1.54, 1.807) is 53.4 Å². The molecule has 0 saturated carbocycles. The molecule has 0 bridgehead atoms. The highest BCUT2D eigenvalue weighted by atomic mass is 16.5. The zero-order valence-electron chi connectivity index (χ0n) is 17.3. The lowest BCUT2D eigenvalue weighted by molar-refractivity contribution is -0.138. The molecule has 3 rings (SSSR count). The predicted molar refractivity (Wildman–Crippen MR) is 114 cm³/mol. The van der Waals surface area contributed by atoms with Crippen LogP contribution < -0.4 is 10.6 Å². The maximum absolute atomic E-state index is 13.0. The van der Waals surface area contributed by atoms with Gasteiger partial charge in [-0.2, -0.15) is 0 Å². The van der Waals surface area contributed by atoms with Crippen LogP contribution in [0.1, 0.15) is 34.6 Å². The van der Waals surface area contributed by atoms with Crippen molar-refractivity contribution < 1.29 is 19.1 Å². The number of nitrogens with zero attached hydrogens (tertiary/aromatic N) is 1. The smallest absolute Gasteiger partial charge is 0.255 e. The van der Waals surface area contributed by atoms with Gasteiger partial charge in [0, 0.05) is 18.7 Å². The van der Waals surface area contributed by atoms with E-state index in [4.69, 9.17) is 4.74 Å². The molecular formula is C23H27N3O4. The molecule has 0 spiro atoms. The lowest BCUT2D eigenvalue weighted by atomic mass is 10.0. The fraction of sp³-hybridized carbons (Fsp3) is 0.348. The van der Waals surface area contributed by atoms with Gasteiger partial charge in [0.1, 0.15) is 6.04 Å². The Hall–Kier alpha value is -3.19. The first-order valence-electron chi connectivity index (χ1n) is 10.1. The molecule has 0 aromatic heterocycles. The molecule has 1 aliphatic rings. The van der Waals surface area contributed by atoms with Gasteiger partial charge < -0.3 is 20.3 Å². The summed E-state index contributed by atoms with van der Waals surface area (Å²) in [6.45, 7) is 5.82. The largest absolute Gasteiger partial charge is 0.378 e. The van der Waals surface area contributed by atoms with E-state index in [1.165, 1.54) is 0 Å². The van der Waals surface area contributed by atoms with Crippen LogP contribution in [0.4, 0.5) is 5.69 Å². The Kier molecular flexibility index (Phi) is 7.19. The molecule has 7 nitrogen and oxygen atoms in total. The molecule has 2 aromatic rings. The van der Waals surface area contributed by atoms with Gasteiger partial charge in [-0.3, -0.25) is 14.4 Å². The first kappa shape index (κ1) is 21.5. The monoisotopic (exact) mass is 409 g/mol. The summed E-state index contributed by atoms with van der Waals surface area (Å²) in [5, 5.41) is 5.65. The normalized spacial score (nSPS) is 14.8. The van der Waals surface area contributed by atoms with Crippen molar-refractivity contribution in [2.24, 2.45) is 5.92 Å². The number of ether oxygens (including phenoxy) is 1. The van der Waals surface area contributed by atoms with Crippen LogP contribution in [0, 0.1) is 5.92 Å². The minimum Gasteiger partial charge on any atom is -0.378 e. The fourth-order valence-electron chi connectivity index (χ4n) is 3.29. The molecular weight excluding hydrogens is 382 g/mol. The number of anilines is 1. The molecule has 3 amide bonds.